The highest BCUT2D eigenvalue weighted by atomic mass is 15.3. The maximum atomic E-state index is 5.56. The Hall–Kier alpha value is -2.14. The van der Waals surface area contributed by atoms with Crippen LogP contribution in [-0.4, -0.2) is 17.0 Å². The van der Waals surface area contributed by atoms with Gasteiger partial charge in [0.25, 0.3) is 0 Å². The van der Waals surface area contributed by atoms with Crippen molar-refractivity contribution in [3.05, 3.63) is 41.2 Å². The molecule has 0 bridgehead atoms. The van der Waals surface area contributed by atoms with E-state index >= 15 is 0 Å². The van der Waals surface area contributed by atoms with Crippen molar-refractivity contribution in [2.45, 2.75) is 33.6 Å². The van der Waals surface area contributed by atoms with E-state index < -0.39 is 0 Å². The molecule has 3 N–H and O–H groups in total. The molecule has 0 amide bonds. The van der Waals surface area contributed by atoms with Gasteiger partial charge in [-0.3, -0.25) is 0 Å². The number of nitrogens with two attached hydrogens (primary N) is 1. The Morgan fingerprint density at radius 2 is 1.76 bits per heavy atom. The molecule has 5 heteroatoms. The lowest BCUT2D eigenvalue weighted by Crippen LogP contribution is -2.18. The molecule has 0 aliphatic heterocycles. The molecule has 0 fully saturated rings. The highest BCUT2D eigenvalue weighted by Gasteiger charge is 2.14. The second-order valence-corrected chi connectivity index (χ2v) is 5.01. The number of aromatic nitrogens is 2. The van der Waals surface area contributed by atoms with Gasteiger partial charge in [0.05, 0.1) is 0 Å². The van der Waals surface area contributed by atoms with E-state index in [2.05, 4.69) is 51.5 Å². The molecule has 1 aromatic carbocycles. The molecule has 0 aliphatic rings. The molecule has 0 unspecified atom stereocenters. The zero-order chi connectivity index (χ0) is 15.4. The second-order valence-electron chi connectivity index (χ2n) is 5.01. The van der Waals surface area contributed by atoms with Gasteiger partial charge in [0.1, 0.15) is 17.5 Å². The number of nitrogens with one attached hydrogen (secondary N) is 1. The summed E-state index contributed by atoms with van der Waals surface area (Å²) in [5.74, 6) is 7.89. The van der Waals surface area contributed by atoms with Gasteiger partial charge in [0.15, 0.2) is 0 Å². The summed E-state index contributed by atoms with van der Waals surface area (Å²) in [6.45, 7) is 6.16. The first kappa shape index (κ1) is 15.3. The minimum absolute atomic E-state index is 0.675. The number of nitrogens with zero attached hydrogens (tertiary/aromatic N) is 3. The van der Waals surface area contributed by atoms with Crippen LogP contribution in [0.5, 0.6) is 0 Å². The van der Waals surface area contributed by atoms with E-state index in [0.717, 1.165) is 35.7 Å². The van der Waals surface area contributed by atoms with Crippen molar-refractivity contribution in [2.75, 3.05) is 17.4 Å². The quantitative estimate of drug-likeness (QED) is 0.653. The van der Waals surface area contributed by atoms with E-state index in [1.54, 1.807) is 0 Å². The normalized spacial score (nSPS) is 10.5. The van der Waals surface area contributed by atoms with Gasteiger partial charge in [-0.15, -0.1) is 0 Å². The van der Waals surface area contributed by atoms with Crippen molar-refractivity contribution in [2.24, 2.45) is 5.84 Å². The van der Waals surface area contributed by atoms with E-state index in [0.29, 0.717) is 5.82 Å². The van der Waals surface area contributed by atoms with Crippen LogP contribution in [0.2, 0.25) is 0 Å². The van der Waals surface area contributed by atoms with E-state index in [4.69, 9.17) is 5.84 Å². The van der Waals surface area contributed by atoms with E-state index in [1.165, 1.54) is 5.56 Å². The van der Waals surface area contributed by atoms with Crippen LogP contribution in [0.15, 0.2) is 24.3 Å². The molecule has 0 saturated carbocycles. The van der Waals surface area contributed by atoms with Crippen LogP contribution in [-0.2, 0) is 12.8 Å². The summed E-state index contributed by atoms with van der Waals surface area (Å²) in [4.78, 5) is 11.1. The highest BCUT2D eigenvalue weighted by molar-refractivity contribution is 5.66. The van der Waals surface area contributed by atoms with Crippen molar-refractivity contribution >= 4 is 17.3 Å². The molecular weight excluding hydrogens is 262 g/mol. The molecule has 0 spiro atoms. The molecule has 2 rings (SSSR count). The summed E-state index contributed by atoms with van der Waals surface area (Å²) in [5.41, 5.74) is 6.02. The molecule has 2 aromatic rings. The van der Waals surface area contributed by atoms with Gasteiger partial charge in [-0.1, -0.05) is 26.0 Å². The first-order valence-electron chi connectivity index (χ1n) is 7.27. The maximum Gasteiger partial charge on any atom is 0.148 e. The molecule has 1 heterocycles. The van der Waals surface area contributed by atoms with Crippen LogP contribution < -0.4 is 16.2 Å². The maximum absolute atomic E-state index is 5.56. The molecule has 0 atom stereocenters. The summed E-state index contributed by atoms with van der Waals surface area (Å²) in [6.07, 6.45) is 1.81. The molecule has 112 valence electrons. The predicted molar refractivity (Wildman–Crippen MR) is 87.8 cm³/mol. The predicted octanol–water partition coefficient (Wildman–Crippen LogP) is 2.96. The third-order valence-corrected chi connectivity index (χ3v) is 3.67. The van der Waals surface area contributed by atoms with E-state index in [1.807, 2.05) is 20.9 Å². The minimum Gasteiger partial charge on any atom is -0.329 e. The molecular formula is C16H23N5. The highest BCUT2D eigenvalue weighted by Crippen LogP contribution is 2.28. The number of hydrazine groups is 1. The lowest BCUT2D eigenvalue weighted by Gasteiger charge is -2.22. The molecule has 0 radical (unpaired) electrons. The molecule has 21 heavy (non-hydrogen) atoms. The number of hydrogen-bond acceptors (Lipinski definition) is 5. The van der Waals surface area contributed by atoms with Crippen LogP contribution in [0.4, 0.5) is 17.3 Å². The summed E-state index contributed by atoms with van der Waals surface area (Å²) in [7, 11) is 2.01. The van der Waals surface area contributed by atoms with Gasteiger partial charge in [-0.05, 0) is 31.0 Å². The number of rotatable bonds is 5. The van der Waals surface area contributed by atoms with Gasteiger partial charge >= 0.3 is 0 Å². The van der Waals surface area contributed by atoms with Crippen molar-refractivity contribution in [1.29, 1.82) is 0 Å². The summed E-state index contributed by atoms with van der Waals surface area (Å²) >= 11 is 0. The number of nitrogen functional groups attached to an aromatic ring is 1. The van der Waals surface area contributed by atoms with Gasteiger partial charge < -0.3 is 10.3 Å². The SMILES string of the molecule is CCc1ccc(N(C)c2nc(CC)nc(NN)c2C)cc1. The summed E-state index contributed by atoms with van der Waals surface area (Å²) in [5, 5.41) is 0. The Morgan fingerprint density at radius 3 is 2.29 bits per heavy atom. The van der Waals surface area contributed by atoms with Crippen LogP contribution in [0.25, 0.3) is 0 Å². The fraction of sp³-hybridized carbons (Fsp3) is 0.375. The van der Waals surface area contributed by atoms with Gasteiger partial charge in [0, 0.05) is 24.7 Å². The van der Waals surface area contributed by atoms with Crippen LogP contribution >= 0.6 is 0 Å². The lowest BCUT2D eigenvalue weighted by atomic mass is 10.1. The van der Waals surface area contributed by atoms with Crippen LogP contribution in [0.3, 0.4) is 0 Å². The minimum atomic E-state index is 0.675. The first-order chi connectivity index (χ1) is 10.1. The topological polar surface area (TPSA) is 67.1 Å². The van der Waals surface area contributed by atoms with Crippen LogP contribution in [0.1, 0.15) is 30.8 Å². The Kier molecular flexibility index (Phi) is 4.75. The van der Waals surface area contributed by atoms with Gasteiger partial charge in [-0.2, -0.15) is 0 Å². The second kappa shape index (κ2) is 6.54. The van der Waals surface area contributed by atoms with E-state index in [-0.39, 0.29) is 0 Å². The molecule has 5 nitrogen and oxygen atoms in total. The number of benzene rings is 1. The third kappa shape index (κ3) is 3.13. The average molecular weight is 285 g/mol. The Morgan fingerprint density at radius 1 is 1.10 bits per heavy atom. The van der Waals surface area contributed by atoms with Crippen molar-refractivity contribution < 1.29 is 0 Å². The van der Waals surface area contributed by atoms with Crippen molar-refractivity contribution in [3.63, 3.8) is 0 Å². The molecule has 0 saturated heterocycles. The number of aryl methyl sites for hydroxylation is 2. The summed E-state index contributed by atoms with van der Waals surface area (Å²) in [6, 6.07) is 8.51. The average Bonchev–Trinajstić information content (AvgIpc) is 2.54. The molecule has 0 aliphatic carbocycles. The largest absolute Gasteiger partial charge is 0.329 e. The Bertz CT molecular complexity index is 607. The fourth-order valence-electron chi connectivity index (χ4n) is 2.25. The first-order valence-corrected chi connectivity index (χ1v) is 7.27. The monoisotopic (exact) mass is 285 g/mol. The van der Waals surface area contributed by atoms with E-state index in [9.17, 15) is 0 Å². The number of hydrogen-bond donors (Lipinski definition) is 2. The fourth-order valence-corrected chi connectivity index (χ4v) is 2.25. The van der Waals surface area contributed by atoms with Crippen LogP contribution in [0, 0.1) is 6.92 Å². The number of anilines is 3. The van der Waals surface area contributed by atoms with Gasteiger partial charge in [0.2, 0.25) is 0 Å². The van der Waals surface area contributed by atoms with Crippen molar-refractivity contribution in [1.82, 2.24) is 9.97 Å². The smallest absolute Gasteiger partial charge is 0.148 e. The van der Waals surface area contributed by atoms with Gasteiger partial charge in [-0.25, -0.2) is 15.8 Å². The molecule has 1 aromatic heterocycles. The summed E-state index contributed by atoms with van der Waals surface area (Å²) < 4.78 is 0. The Labute approximate surface area is 126 Å². The standard InChI is InChI=1S/C16H23N5/c1-5-12-7-9-13(10-8-12)21(4)16-11(3)15(20-17)18-14(6-2)19-16/h7-10H,5-6,17H2,1-4H3,(H,18,19,20). The zero-order valence-electron chi connectivity index (χ0n) is 13.1. The third-order valence-electron chi connectivity index (χ3n) is 3.67. The van der Waals surface area contributed by atoms with Crippen molar-refractivity contribution in [3.8, 4) is 0 Å². The Balaban J connectivity index is 2.43. The zero-order valence-corrected chi connectivity index (χ0v) is 13.1. The lowest BCUT2D eigenvalue weighted by molar-refractivity contribution is 0.913.